The van der Waals surface area contributed by atoms with Crippen molar-refractivity contribution in [3.05, 3.63) is 0 Å². The highest BCUT2D eigenvalue weighted by Crippen LogP contribution is 2.02. The smallest absolute Gasteiger partial charge is 0.302 e. The van der Waals surface area contributed by atoms with Crippen LogP contribution in [0, 0.1) is 5.92 Å². The van der Waals surface area contributed by atoms with Crippen LogP contribution in [0.2, 0.25) is 0 Å². The van der Waals surface area contributed by atoms with E-state index < -0.39 is 0 Å². The van der Waals surface area contributed by atoms with Crippen LogP contribution in [0.15, 0.2) is 0 Å². The molecule has 9 heavy (non-hydrogen) atoms. The molecule has 1 fully saturated rings. The fraction of sp³-hybridized carbons (Fsp3) is 0.833. The molecule has 0 aromatic carbocycles. The Morgan fingerprint density at radius 2 is 2.44 bits per heavy atom. The molecule has 0 saturated carbocycles. The van der Waals surface area contributed by atoms with Gasteiger partial charge >= 0.3 is 5.97 Å². The third-order valence-corrected chi connectivity index (χ3v) is 1.39. The van der Waals surface area contributed by atoms with E-state index in [1.54, 1.807) is 0 Å². The fourth-order valence-electron chi connectivity index (χ4n) is 0.702. The van der Waals surface area contributed by atoms with Crippen LogP contribution < -0.4 is 5.32 Å². The molecule has 0 aromatic heterocycles. The molecule has 3 heteroatoms. The van der Waals surface area contributed by atoms with Crippen molar-refractivity contribution in [2.24, 2.45) is 5.92 Å². The van der Waals surface area contributed by atoms with Gasteiger partial charge in [0.2, 0.25) is 0 Å². The van der Waals surface area contributed by atoms with E-state index in [4.69, 9.17) is 4.74 Å². The van der Waals surface area contributed by atoms with Gasteiger partial charge in [-0.3, -0.25) is 4.79 Å². The minimum atomic E-state index is -0.179. The lowest BCUT2D eigenvalue weighted by atomic mass is 10.1. The molecule has 0 unspecified atom stereocenters. The first-order valence-corrected chi connectivity index (χ1v) is 3.13. The van der Waals surface area contributed by atoms with Crippen LogP contribution in [0.5, 0.6) is 0 Å². The fourth-order valence-corrected chi connectivity index (χ4v) is 0.702. The Hall–Kier alpha value is -0.570. The van der Waals surface area contributed by atoms with Gasteiger partial charge in [0.25, 0.3) is 0 Å². The summed E-state index contributed by atoms with van der Waals surface area (Å²) in [5, 5.41) is 3.09. The van der Waals surface area contributed by atoms with Gasteiger partial charge in [-0.15, -0.1) is 0 Å². The lowest BCUT2D eigenvalue weighted by Gasteiger charge is -2.25. The Kier molecular flexibility index (Phi) is 2.05. The largest absolute Gasteiger partial charge is 0.465 e. The lowest BCUT2D eigenvalue weighted by Crippen LogP contribution is -2.44. The zero-order valence-electron chi connectivity index (χ0n) is 5.52. The summed E-state index contributed by atoms with van der Waals surface area (Å²) in [5.74, 6) is 0.385. The maximum atomic E-state index is 10.2. The van der Waals surface area contributed by atoms with Crippen molar-refractivity contribution in [1.29, 1.82) is 0 Å². The highest BCUT2D eigenvalue weighted by molar-refractivity contribution is 5.65. The van der Waals surface area contributed by atoms with Crippen LogP contribution in [-0.2, 0) is 9.53 Å². The van der Waals surface area contributed by atoms with Gasteiger partial charge < -0.3 is 10.1 Å². The van der Waals surface area contributed by atoms with E-state index in [9.17, 15) is 4.79 Å². The highest BCUT2D eigenvalue weighted by Gasteiger charge is 2.17. The van der Waals surface area contributed by atoms with Crippen molar-refractivity contribution in [2.75, 3.05) is 19.7 Å². The molecule has 0 atom stereocenters. The average molecular weight is 129 g/mol. The van der Waals surface area contributed by atoms with E-state index in [0.29, 0.717) is 12.5 Å². The Bertz CT molecular complexity index is 110. The van der Waals surface area contributed by atoms with E-state index in [1.165, 1.54) is 6.92 Å². The first-order valence-electron chi connectivity index (χ1n) is 3.13. The molecule has 0 aromatic rings. The molecule has 0 spiro atoms. The number of hydrogen-bond donors (Lipinski definition) is 1. The highest BCUT2D eigenvalue weighted by atomic mass is 16.5. The Labute approximate surface area is 54.4 Å². The molecule has 0 amide bonds. The van der Waals surface area contributed by atoms with E-state index in [-0.39, 0.29) is 5.97 Å². The second-order valence-corrected chi connectivity index (χ2v) is 2.33. The summed E-state index contributed by atoms with van der Waals surface area (Å²) >= 11 is 0. The monoisotopic (exact) mass is 129 g/mol. The van der Waals surface area contributed by atoms with E-state index in [0.717, 1.165) is 13.1 Å². The molecule has 1 saturated heterocycles. The van der Waals surface area contributed by atoms with Gasteiger partial charge in [-0.05, 0) is 0 Å². The predicted molar refractivity (Wildman–Crippen MR) is 33.0 cm³/mol. The minimum Gasteiger partial charge on any atom is -0.465 e. The molecule has 1 aliphatic rings. The standard InChI is InChI=1S/C6H11NO2/c1-5(8)9-4-6-2-7-3-6/h6-7H,2-4H2,1H3. The molecule has 0 radical (unpaired) electrons. The quantitative estimate of drug-likeness (QED) is 0.523. The van der Waals surface area contributed by atoms with Gasteiger partial charge in [0.1, 0.15) is 0 Å². The zero-order valence-corrected chi connectivity index (χ0v) is 5.52. The second-order valence-electron chi connectivity index (χ2n) is 2.33. The van der Waals surface area contributed by atoms with E-state index >= 15 is 0 Å². The second kappa shape index (κ2) is 2.82. The van der Waals surface area contributed by atoms with Crippen LogP contribution >= 0.6 is 0 Å². The number of ether oxygens (including phenoxy) is 1. The molecular weight excluding hydrogens is 118 g/mol. The Morgan fingerprint density at radius 1 is 1.78 bits per heavy atom. The first kappa shape index (κ1) is 6.55. The van der Waals surface area contributed by atoms with E-state index in [1.807, 2.05) is 0 Å². The van der Waals surface area contributed by atoms with Crippen LogP contribution in [0.3, 0.4) is 0 Å². The molecule has 52 valence electrons. The van der Waals surface area contributed by atoms with Crippen molar-refractivity contribution in [1.82, 2.24) is 5.32 Å². The van der Waals surface area contributed by atoms with Crippen LogP contribution in [0.1, 0.15) is 6.92 Å². The molecule has 1 aliphatic heterocycles. The summed E-state index contributed by atoms with van der Waals surface area (Å²) in [6, 6.07) is 0. The normalized spacial score (nSPS) is 18.8. The summed E-state index contributed by atoms with van der Waals surface area (Å²) < 4.78 is 4.77. The van der Waals surface area contributed by atoms with Crippen LogP contribution in [0.25, 0.3) is 0 Å². The number of carbonyl (C=O) groups is 1. The molecule has 1 heterocycles. The predicted octanol–water partition coefficient (Wildman–Crippen LogP) is -0.231. The summed E-state index contributed by atoms with van der Waals surface area (Å²) in [7, 11) is 0. The van der Waals surface area contributed by atoms with Gasteiger partial charge in [-0.25, -0.2) is 0 Å². The number of hydrogen-bond acceptors (Lipinski definition) is 3. The number of nitrogens with one attached hydrogen (secondary N) is 1. The molecule has 0 aliphatic carbocycles. The summed E-state index contributed by atoms with van der Waals surface area (Å²) in [6.45, 7) is 4.01. The summed E-state index contributed by atoms with van der Waals surface area (Å²) in [5.41, 5.74) is 0. The van der Waals surface area contributed by atoms with Crippen LogP contribution in [0.4, 0.5) is 0 Å². The van der Waals surface area contributed by atoms with Gasteiger partial charge in [-0.1, -0.05) is 0 Å². The molecule has 1 rings (SSSR count). The SMILES string of the molecule is CC(=O)OCC1CNC1. The van der Waals surface area contributed by atoms with Crippen molar-refractivity contribution in [3.8, 4) is 0 Å². The molecule has 0 bridgehead atoms. The van der Waals surface area contributed by atoms with Crippen LogP contribution in [-0.4, -0.2) is 25.7 Å². The van der Waals surface area contributed by atoms with Crippen molar-refractivity contribution in [3.63, 3.8) is 0 Å². The van der Waals surface area contributed by atoms with Gasteiger partial charge in [0, 0.05) is 25.9 Å². The van der Waals surface area contributed by atoms with E-state index in [2.05, 4.69) is 5.32 Å². The first-order chi connectivity index (χ1) is 4.29. The maximum absolute atomic E-state index is 10.2. The molecule has 3 nitrogen and oxygen atoms in total. The van der Waals surface area contributed by atoms with Gasteiger partial charge in [-0.2, -0.15) is 0 Å². The number of rotatable bonds is 2. The topological polar surface area (TPSA) is 38.3 Å². The Morgan fingerprint density at radius 3 is 2.78 bits per heavy atom. The van der Waals surface area contributed by atoms with Crippen molar-refractivity contribution < 1.29 is 9.53 Å². The zero-order chi connectivity index (χ0) is 6.69. The lowest BCUT2D eigenvalue weighted by molar-refractivity contribution is -0.142. The number of carbonyl (C=O) groups excluding carboxylic acids is 1. The molecular formula is C6H11NO2. The summed E-state index contributed by atoms with van der Waals surface area (Å²) in [6.07, 6.45) is 0. The number of esters is 1. The third-order valence-electron chi connectivity index (χ3n) is 1.39. The summed E-state index contributed by atoms with van der Waals surface area (Å²) in [4.78, 5) is 10.2. The Balaban J connectivity index is 1.97. The van der Waals surface area contributed by atoms with Gasteiger partial charge in [0.05, 0.1) is 6.61 Å². The van der Waals surface area contributed by atoms with Gasteiger partial charge in [0.15, 0.2) is 0 Å². The van der Waals surface area contributed by atoms with Crippen molar-refractivity contribution in [2.45, 2.75) is 6.92 Å². The average Bonchev–Trinajstić information content (AvgIpc) is 1.60. The molecule has 1 N–H and O–H groups in total. The maximum Gasteiger partial charge on any atom is 0.302 e. The minimum absolute atomic E-state index is 0.179. The van der Waals surface area contributed by atoms with Crippen molar-refractivity contribution >= 4 is 5.97 Å². The third kappa shape index (κ3) is 2.01.